The third-order valence-electron chi connectivity index (χ3n) is 2.63. The molecule has 6 nitrogen and oxygen atoms in total. The van der Waals surface area contributed by atoms with Crippen LogP contribution in [0.3, 0.4) is 0 Å². The number of halogens is 2. The summed E-state index contributed by atoms with van der Waals surface area (Å²) in [5, 5.41) is 0.538. The van der Waals surface area contributed by atoms with Crippen LogP contribution in [-0.4, -0.2) is 22.1 Å². The van der Waals surface area contributed by atoms with Gasteiger partial charge in [-0.3, -0.25) is 19.1 Å². The summed E-state index contributed by atoms with van der Waals surface area (Å²) in [6, 6.07) is 2.72. The van der Waals surface area contributed by atoms with Gasteiger partial charge in [0.05, 0.1) is 27.6 Å². The number of aromatic amines is 1. The number of hydrogen-bond acceptors (Lipinski definition) is 4. The molecule has 20 heavy (non-hydrogen) atoms. The summed E-state index contributed by atoms with van der Waals surface area (Å²) in [7, 11) is 0. The molecule has 2 aromatic rings. The van der Waals surface area contributed by atoms with E-state index in [4.69, 9.17) is 27.9 Å². The number of rotatable bonds is 3. The van der Waals surface area contributed by atoms with Crippen molar-refractivity contribution < 1.29 is 9.53 Å². The molecule has 1 aromatic heterocycles. The van der Waals surface area contributed by atoms with Gasteiger partial charge in [0, 0.05) is 0 Å². The van der Waals surface area contributed by atoms with E-state index in [-0.39, 0.29) is 34.1 Å². The summed E-state index contributed by atoms with van der Waals surface area (Å²) in [5.41, 5.74) is -1.08. The summed E-state index contributed by atoms with van der Waals surface area (Å²) in [4.78, 5) is 37.2. The van der Waals surface area contributed by atoms with Gasteiger partial charge in [-0.25, -0.2) is 4.79 Å². The molecule has 1 N–H and O–H groups in total. The van der Waals surface area contributed by atoms with Gasteiger partial charge in [0.1, 0.15) is 6.54 Å². The maximum atomic E-state index is 11.8. The summed E-state index contributed by atoms with van der Waals surface area (Å²) in [6.45, 7) is 1.53. The van der Waals surface area contributed by atoms with Crippen molar-refractivity contribution in [1.29, 1.82) is 0 Å². The van der Waals surface area contributed by atoms with E-state index in [0.29, 0.717) is 0 Å². The van der Waals surface area contributed by atoms with Gasteiger partial charge in [-0.1, -0.05) is 23.2 Å². The van der Waals surface area contributed by atoms with Gasteiger partial charge in [0.25, 0.3) is 5.56 Å². The molecule has 1 heterocycles. The molecular formula is C12H10Cl2N2O4. The Balaban J connectivity index is 2.70. The molecule has 0 spiro atoms. The van der Waals surface area contributed by atoms with Crippen LogP contribution in [0.2, 0.25) is 10.0 Å². The monoisotopic (exact) mass is 316 g/mol. The maximum Gasteiger partial charge on any atom is 0.329 e. The Morgan fingerprint density at radius 3 is 2.60 bits per heavy atom. The summed E-state index contributed by atoms with van der Waals surface area (Å²) < 4.78 is 5.86. The minimum atomic E-state index is -0.714. The van der Waals surface area contributed by atoms with Crippen molar-refractivity contribution >= 4 is 40.1 Å². The van der Waals surface area contributed by atoms with Crippen LogP contribution in [0, 0.1) is 0 Å². The van der Waals surface area contributed by atoms with Gasteiger partial charge < -0.3 is 4.74 Å². The molecule has 0 radical (unpaired) electrons. The number of ether oxygens (including phenoxy) is 1. The van der Waals surface area contributed by atoms with E-state index in [9.17, 15) is 14.4 Å². The molecule has 0 aliphatic rings. The molecule has 0 atom stereocenters. The van der Waals surface area contributed by atoms with Crippen molar-refractivity contribution in [2.24, 2.45) is 0 Å². The van der Waals surface area contributed by atoms with Crippen LogP contribution in [-0.2, 0) is 16.1 Å². The van der Waals surface area contributed by atoms with Gasteiger partial charge in [-0.2, -0.15) is 0 Å². The Bertz CT molecular complexity index is 794. The number of benzene rings is 1. The molecule has 0 saturated carbocycles. The quantitative estimate of drug-likeness (QED) is 0.871. The van der Waals surface area contributed by atoms with Gasteiger partial charge in [-0.05, 0) is 19.1 Å². The first-order valence-corrected chi connectivity index (χ1v) is 6.47. The summed E-state index contributed by atoms with van der Waals surface area (Å²) in [5.74, 6) is -0.589. The topological polar surface area (TPSA) is 81.2 Å². The fraction of sp³-hybridized carbons (Fsp3) is 0.250. The highest BCUT2D eigenvalue weighted by Crippen LogP contribution is 2.25. The van der Waals surface area contributed by atoms with E-state index < -0.39 is 17.2 Å². The van der Waals surface area contributed by atoms with Crippen LogP contribution < -0.4 is 11.2 Å². The van der Waals surface area contributed by atoms with Crippen molar-refractivity contribution in [3.63, 3.8) is 0 Å². The zero-order valence-electron chi connectivity index (χ0n) is 10.4. The van der Waals surface area contributed by atoms with E-state index in [1.807, 2.05) is 0 Å². The first kappa shape index (κ1) is 14.6. The largest absolute Gasteiger partial charge is 0.465 e. The van der Waals surface area contributed by atoms with Crippen molar-refractivity contribution in [3.8, 4) is 0 Å². The lowest BCUT2D eigenvalue weighted by molar-refractivity contribution is -0.143. The molecule has 0 saturated heterocycles. The minimum absolute atomic E-state index is 0.170. The number of fused-ring (bicyclic) bond motifs is 1. The lowest BCUT2D eigenvalue weighted by Crippen LogP contribution is -2.33. The second-order valence-electron chi connectivity index (χ2n) is 3.93. The number of aromatic nitrogens is 2. The van der Waals surface area contributed by atoms with Crippen molar-refractivity contribution in [1.82, 2.24) is 9.55 Å². The number of nitrogens with one attached hydrogen (secondary N) is 1. The SMILES string of the molecule is CCOC(=O)Cn1c(=O)[nH]c(=O)c2cc(Cl)c(Cl)cc21. The third-order valence-corrected chi connectivity index (χ3v) is 3.35. The second kappa shape index (κ2) is 5.68. The van der Waals surface area contributed by atoms with Crippen molar-refractivity contribution in [2.45, 2.75) is 13.5 Å². The standard InChI is InChI=1S/C12H10Cl2N2O4/c1-2-20-10(17)5-16-9-4-8(14)7(13)3-6(9)11(18)15-12(16)19/h3-4H,2,5H2,1H3,(H,15,18,19). The van der Waals surface area contributed by atoms with Crippen molar-refractivity contribution in [3.05, 3.63) is 43.0 Å². The van der Waals surface area contributed by atoms with E-state index >= 15 is 0 Å². The Morgan fingerprint density at radius 2 is 1.95 bits per heavy atom. The maximum absolute atomic E-state index is 11.8. The average Bonchev–Trinajstić information content (AvgIpc) is 2.37. The van der Waals surface area contributed by atoms with Crippen molar-refractivity contribution in [2.75, 3.05) is 6.61 Å². The lowest BCUT2D eigenvalue weighted by Gasteiger charge is -2.09. The molecule has 2 rings (SSSR count). The number of esters is 1. The third kappa shape index (κ3) is 2.71. The van der Waals surface area contributed by atoms with Gasteiger partial charge in [-0.15, -0.1) is 0 Å². The Kier molecular flexibility index (Phi) is 4.15. The molecule has 8 heteroatoms. The highest BCUT2D eigenvalue weighted by atomic mass is 35.5. The predicted molar refractivity (Wildman–Crippen MR) is 75.5 cm³/mol. The van der Waals surface area contributed by atoms with Crippen LogP contribution in [0.15, 0.2) is 21.7 Å². The number of carbonyl (C=O) groups excluding carboxylic acids is 1. The smallest absolute Gasteiger partial charge is 0.329 e. The van der Waals surface area contributed by atoms with Crippen LogP contribution in [0.1, 0.15) is 6.92 Å². The first-order chi connectivity index (χ1) is 9.43. The van der Waals surface area contributed by atoms with Crippen LogP contribution >= 0.6 is 23.2 Å². The van der Waals surface area contributed by atoms with E-state index in [0.717, 1.165) is 4.57 Å². The van der Waals surface area contributed by atoms with Crippen LogP contribution in [0.25, 0.3) is 10.9 Å². The molecule has 0 bridgehead atoms. The predicted octanol–water partition coefficient (Wildman–Crippen LogP) is 1.56. The fourth-order valence-electron chi connectivity index (χ4n) is 1.78. The zero-order chi connectivity index (χ0) is 14.9. The van der Waals surface area contributed by atoms with E-state index in [1.165, 1.54) is 12.1 Å². The summed E-state index contributed by atoms with van der Waals surface area (Å²) >= 11 is 11.7. The second-order valence-corrected chi connectivity index (χ2v) is 4.75. The Morgan fingerprint density at radius 1 is 1.30 bits per heavy atom. The number of hydrogen-bond donors (Lipinski definition) is 1. The van der Waals surface area contributed by atoms with Crippen LogP contribution in [0.5, 0.6) is 0 Å². The molecular weight excluding hydrogens is 307 g/mol. The molecule has 0 unspecified atom stereocenters. The van der Waals surface area contributed by atoms with Crippen LogP contribution in [0.4, 0.5) is 0 Å². The van der Waals surface area contributed by atoms with E-state index in [2.05, 4.69) is 4.98 Å². The molecule has 0 fully saturated rings. The number of H-pyrrole nitrogens is 1. The highest BCUT2D eigenvalue weighted by Gasteiger charge is 2.13. The van der Waals surface area contributed by atoms with Gasteiger partial charge >= 0.3 is 11.7 Å². The molecule has 106 valence electrons. The molecule has 1 aromatic carbocycles. The number of carbonyl (C=O) groups is 1. The molecule has 0 aliphatic heterocycles. The normalized spacial score (nSPS) is 10.8. The number of nitrogens with zero attached hydrogens (tertiary/aromatic N) is 1. The minimum Gasteiger partial charge on any atom is -0.465 e. The highest BCUT2D eigenvalue weighted by molar-refractivity contribution is 6.42. The first-order valence-electron chi connectivity index (χ1n) is 5.71. The average molecular weight is 317 g/mol. The molecule has 0 amide bonds. The zero-order valence-corrected chi connectivity index (χ0v) is 11.9. The lowest BCUT2D eigenvalue weighted by atomic mass is 10.2. The Hall–Kier alpha value is -1.79. The Labute approximate surface area is 122 Å². The van der Waals surface area contributed by atoms with Gasteiger partial charge in [0.2, 0.25) is 0 Å². The molecule has 0 aliphatic carbocycles. The fourth-order valence-corrected chi connectivity index (χ4v) is 2.10. The summed E-state index contributed by atoms with van der Waals surface area (Å²) in [6.07, 6.45) is 0. The van der Waals surface area contributed by atoms with E-state index in [1.54, 1.807) is 6.92 Å². The van der Waals surface area contributed by atoms with Gasteiger partial charge in [0.15, 0.2) is 0 Å².